The normalized spacial score (nSPS) is 14.9. The van der Waals surface area contributed by atoms with Crippen LogP contribution in [0, 0.1) is 0 Å². The first kappa shape index (κ1) is 22.4. The van der Waals surface area contributed by atoms with Gasteiger partial charge < -0.3 is 15.2 Å². The van der Waals surface area contributed by atoms with Gasteiger partial charge in [0.25, 0.3) is 5.91 Å². The molecule has 0 aliphatic carbocycles. The van der Waals surface area contributed by atoms with Crippen molar-refractivity contribution >= 4 is 74.7 Å². The van der Waals surface area contributed by atoms with E-state index in [0.29, 0.717) is 36.3 Å². The van der Waals surface area contributed by atoms with E-state index in [1.807, 2.05) is 0 Å². The van der Waals surface area contributed by atoms with Gasteiger partial charge in [-0.1, -0.05) is 40.9 Å². The highest BCUT2D eigenvalue weighted by molar-refractivity contribution is 9.10. The molecule has 3 rings (SSSR count). The van der Waals surface area contributed by atoms with E-state index in [9.17, 15) is 14.4 Å². The Kier molecular flexibility index (Phi) is 6.92. The number of imide groups is 1. The predicted molar refractivity (Wildman–Crippen MR) is 116 cm³/mol. The molecule has 1 saturated heterocycles. The molecule has 1 aliphatic heterocycles. The van der Waals surface area contributed by atoms with Crippen LogP contribution in [0.4, 0.5) is 4.79 Å². The Morgan fingerprint density at radius 1 is 1.17 bits per heavy atom. The number of nitrogens with one attached hydrogen (secondary N) is 1. The molecule has 1 heterocycles. The Bertz CT molecular complexity index is 1070. The second-order valence-electron chi connectivity index (χ2n) is 6.11. The quantitative estimate of drug-likeness (QED) is 0.403. The number of benzene rings is 2. The average molecular weight is 535 g/mol. The molecule has 3 amide bonds. The summed E-state index contributed by atoms with van der Waals surface area (Å²) in [6, 6.07) is 7.41. The molecule has 0 spiro atoms. The van der Waals surface area contributed by atoms with Crippen molar-refractivity contribution in [3.05, 3.63) is 66.7 Å². The van der Waals surface area contributed by atoms with Gasteiger partial charge in [0.15, 0.2) is 5.75 Å². The summed E-state index contributed by atoms with van der Waals surface area (Å²) >= 11 is 21.7. The Labute approximate surface area is 194 Å². The summed E-state index contributed by atoms with van der Waals surface area (Å²) in [5.74, 6) is -1.68. The van der Waals surface area contributed by atoms with Crippen LogP contribution in [0.25, 0.3) is 6.08 Å². The third-order valence-corrected chi connectivity index (χ3v) is 5.43. The molecule has 11 heteroatoms. The number of carboxylic acids is 1. The molecule has 0 aromatic heterocycles. The van der Waals surface area contributed by atoms with Crippen molar-refractivity contribution in [1.82, 2.24) is 10.2 Å². The van der Waals surface area contributed by atoms with Gasteiger partial charge in [0.05, 0.1) is 9.50 Å². The van der Waals surface area contributed by atoms with E-state index in [0.717, 1.165) is 0 Å². The first-order valence-electron chi connectivity index (χ1n) is 8.28. The van der Waals surface area contributed by atoms with Gasteiger partial charge >= 0.3 is 12.0 Å². The van der Waals surface area contributed by atoms with E-state index in [2.05, 4.69) is 21.2 Å². The zero-order valence-corrected chi connectivity index (χ0v) is 18.8. The second kappa shape index (κ2) is 9.26. The van der Waals surface area contributed by atoms with Crippen molar-refractivity contribution in [3.63, 3.8) is 0 Å². The van der Waals surface area contributed by atoms with Crippen LogP contribution in [-0.4, -0.2) is 34.5 Å². The van der Waals surface area contributed by atoms with E-state index in [4.69, 9.17) is 44.6 Å². The van der Waals surface area contributed by atoms with Crippen LogP contribution in [-0.2, 0) is 16.2 Å². The zero-order valence-electron chi connectivity index (χ0n) is 14.9. The molecule has 30 heavy (non-hydrogen) atoms. The van der Waals surface area contributed by atoms with Crippen molar-refractivity contribution < 1.29 is 24.2 Å². The number of carbonyl (C=O) groups is 3. The van der Waals surface area contributed by atoms with Crippen LogP contribution < -0.4 is 10.1 Å². The van der Waals surface area contributed by atoms with Gasteiger partial charge in [-0.2, -0.15) is 0 Å². The lowest BCUT2D eigenvalue weighted by atomic mass is 10.1. The minimum absolute atomic E-state index is 0.0640. The van der Waals surface area contributed by atoms with Crippen LogP contribution in [0.5, 0.6) is 5.75 Å². The molecule has 0 atom stereocenters. The minimum atomic E-state index is -1.30. The lowest BCUT2D eigenvalue weighted by Gasteiger charge is -2.12. The highest BCUT2D eigenvalue weighted by atomic mass is 79.9. The fraction of sp³-hybridized carbons (Fsp3) is 0.105. The highest BCUT2D eigenvalue weighted by Gasteiger charge is 2.34. The van der Waals surface area contributed by atoms with Gasteiger partial charge in [-0.05, 0) is 51.8 Å². The van der Waals surface area contributed by atoms with E-state index in [1.165, 1.54) is 12.1 Å². The number of hydrogen-bond acceptors (Lipinski definition) is 4. The number of rotatable bonds is 6. The lowest BCUT2D eigenvalue weighted by Crippen LogP contribution is -2.35. The summed E-state index contributed by atoms with van der Waals surface area (Å²) in [7, 11) is 0. The topological polar surface area (TPSA) is 95.9 Å². The molecule has 7 nitrogen and oxygen atoms in total. The van der Waals surface area contributed by atoms with Gasteiger partial charge in [-0.15, -0.1) is 0 Å². The van der Waals surface area contributed by atoms with Gasteiger partial charge in [-0.25, -0.2) is 9.69 Å². The largest absolute Gasteiger partial charge is 0.486 e. The van der Waals surface area contributed by atoms with Gasteiger partial charge in [-0.3, -0.25) is 9.59 Å². The minimum Gasteiger partial charge on any atom is -0.486 e. The van der Waals surface area contributed by atoms with E-state index >= 15 is 0 Å². The molecule has 1 aliphatic rings. The monoisotopic (exact) mass is 532 g/mol. The summed E-state index contributed by atoms with van der Waals surface area (Å²) in [4.78, 5) is 35.4. The Hall–Kier alpha value is -2.26. The number of amides is 3. The first-order chi connectivity index (χ1) is 14.2. The fourth-order valence-corrected chi connectivity index (χ4v) is 4.06. The summed E-state index contributed by atoms with van der Waals surface area (Å²) in [6.45, 7) is -0.583. The first-order valence-corrected chi connectivity index (χ1v) is 10.2. The molecule has 0 bridgehead atoms. The van der Waals surface area contributed by atoms with Crippen LogP contribution in [0.1, 0.15) is 11.1 Å². The predicted octanol–water partition coefficient (Wildman–Crippen LogP) is 4.97. The number of urea groups is 1. The summed E-state index contributed by atoms with van der Waals surface area (Å²) in [5, 5.41) is 12.4. The van der Waals surface area contributed by atoms with Crippen LogP contribution >= 0.6 is 50.7 Å². The molecule has 0 saturated carbocycles. The lowest BCUT2D eigenvalue weighted by molar-refractivity contribution is -0.140. The third-order valence-electron chi connectivity index (χ3n) is 3.97. The number of nitrogens with zero attached hydrogens (tertiary/aromatic N) is 1. The molecule has 0 unspecified atom stereocenters. The molecule has 2 N–H and O–H groups in total. The Morgan fingerprint density at radius 3 is 2.53 bits per heavy atom. The molecule has 2 aromatic rings. The van der Waals surface area contributed by atoms with Crippen molar-refractivity contribution in [3.8, 4) is 5.75 Å². The standard InChI is InChI=1S/C19H12BrCl3N2O5/c20-12-3-9(5-15-18(28)25(7-16(26)27)19(29)24-15)4-14(23)17(12)30-8-10-1-2-11(21)6-13(10)22/h1-6H,7-8H2,(H,24,29)(H,26,27)/b15-5+. The summed E-state index contributed by atoms with van der Waals surface area (Å²) < 4.78 is 6.27. The van der Waals surface area contributed by atoms with Gasteiger partial charge in [0.2, 0.25) is 0 Å². The summed E-state index contributed by atoms with van der Waals surface area (Å²) in [5.41, 5.74) is 1.14. The SMILES string of the molecule is O=C(O)CN1C(=O)N/C(=C/c2cc(Cl)c(OCc3ccc(Cl)cc3Cl)c(Br)c2)C1=O. The number of ether oxygens (including phenoxy) is 1. The number of hydrogen-bond donors (Lipinski definition) is 2. The van der Waals surface area contributed by atoms with E-state index in [1.54, 1.807) is 24.3 Å². The summed E-state index contributed by atoms with van der Waals surface area (Å²) in [6.07, 6.45) is 1.39. The molecule has 0 radical (unpaired) electrons. The van der Waals surface area contributed by atoms with Crippen molar-refractivity contribution in [2.45, 2.75) is 6.61 Å². The molecular formula is C19H12BrCl3N2O5. The van der Waals surface area contributed by atoms with Crippen molar-refractivity contribution in [1.29, 1.82) is 0 Å². The van der Waals surface area contributed by atoms with E-state index in [-0.39, 0.29) is 17.3 Å². The number of carbonyl (C=O) groups excluding carboxylic acids is 2. The number of aliphatic carboxylic acids is 1. The molecule has 156 valence electrons. The maximum atomic E-state index is 12.2. The molecular weight excluding hydrogens is 522 g/mol. The Balaban J connectivity index is 1.79. The number of carboxylic acid groups (broad SMARTS) is 1. The van der Waals surface area contributed by atoms with Crippen LogP contribution in [0.3, 0.4) is 0 Å². The molecule has 1 fully saturated rings. The van der Waals surface area contributed by atoms with Crippen molar-refractivity contribution in [2.24, 2.45) is 0 Å². The van der Waals surface area contributed by atoms with Crippen LogP contribution in [0.15, 0.2) is 40.5 Å². The smallest absolute Gasteiger partial charge is 0.329 e. The average Bonchev–Trinajstić information content (AvgIpc) is 2.89. The zero-order chi connectivity index (χ0) is 22.0. The Morgan fingerprint density at radius 2 is 1.90 bits per heavy atom. The highest BCUT2D eigenvalue weighted by Crippen LogP contribution is 2.36. The van der Waals surface area contributed by atoms with Gasteiger partial charge in [0, 0.05) is 15.6 Å². The maximum absolute atomic E-state index is 12.2. The number of halogens is 4. The van der Waals surface area contributed by atoms with Gasteiger partial charge in [0.1, 0.15) is 18.8 Å². The van der Waals surface area contributed by atoms with Crippen LogP contribution in [0.2, 0.25) is 15.1 Å². The third kappa shape index (κ3) is 5.07. The second-order valence-corrected chi connectivity index (χ2v) is 8.22. The van der Waals surface area contributed by atoms with E-state index < -0.39 is 24.5 Å². The maximum Gasteiger partial charge on any atom is 0.329 e. The fourth-order valence-electron chi connectivity index (χ4n) is 2.61. The molecule has 2 aromatic carbocycles. The van der Waals surface area contributed by atoms with Crippen molar-refractivity contribution in [2.75, 3.05) is 6.54 Å².